The monoisotopic (exact) mass is 317 g/mol. The van der Waals surface area contributed by atoms with Gasteiger partial charge < -0.3 is 15.3 Å². The third-order valence-corrected chi connectivity index (χ3v) is 4.73. The predicted molar refractivity (Wildman–Crippen MR) is 87.5 cm³/mol. The lowest BCUT2D eigenvalue weighted by Crippen LogP contribution is -2.36. The lowest BCUT2D eigenvalue weighted by atomic mass is 9.99. The number of nitrogens with one attached hydrogen (secondary N) is 1. The van der Waals surface area contributed by atoms with Gasteiger partial charge in [-0.3, -0.25) is 9.69 Å². The minimum absolute atomic E-state index is 0.0370. The molecule has 1 aromatic rings. The van der Waals surface area contributed by atoms with Crippen LogP contribution in [0.1, 0.15) is 31.9 Å². The summed E-state index contributed by atoms with van der Waals surface area (Å²) in [4.78, 5) is 27.2. The van der Waals surface area contributed by atoms with Crippen molar-refractivity contribution in [1.82, 2.24) is 10.2 Å². The Balaban J connectivity index is 1.76. The number of benzene rings is 1. The SMILES string of the molecule is CC(C)N1CCN(c2cccc(C3CC(C(=O)O)CN3)c2)C1=O. The number of rotatable bonds is 4. The van der Waals surface area contributed by atoms with E-state index in [9.17, 15) is 9.59 Å². The van der Waals surface area contributed by atoms with Gasteiger partial charge in [0.15, 0.2) is 0 Å². The molecule has 2 amide bonds. The molecule has 2 atom stereocenters. The Kier molecular flexibility index (Phi) is 4.26. The molecule has 3 rings (SSSR count). The van der Waals surface area contributed by atoms with Gasteiger partial charge in [0.05, 0.1) is 5.92 Å². The highest BCUT2D eigenvalue weighted by molar-refractivity contribution is 5.94. The zero-order valence-corrected chi connectivity index (χ0v) is 13.5. The van der Waals surface area contributed by atoms with Crippen LogP contribution in [-0.2, 0) is 4.79 Å². The second-order valence-electron chi connectivity index (χ2n) is 6.55. The lowest BCUT2D eigenvalue weighted by Gasteiger charge is -2.22. The highest BCUT2D eigenvalue weighted by Crippen LogP contribution is 2.30. The molecule has 0 saturated carbocycles. The Labute approximate surface area is 136 Å². The molecule has 0 aliphatic carbocycles. The molecule has 1 aromatic carbocycles. The smallest absolute Gasteiger partial charge is 0.324 e. The van der Waals surface area contributed by atoms with Gasteiger partial charge in [-0.2, -0.15) is 0 Å². The van der Waals surface area contributed by atoms with E-state index in [-0.39, 0.29) is 24.0 Å². The molecule has 6 nitrogen and oxygen atoms in total. The van der Waals surface area contributed by atoms with Gasteiger partial charge in [-0.15, -0.1) is 0 Å². The van der Waals surface area contributed by atoms with Crippen LogP contribution in [0.4, 0.5) is 10.5 Å². The van der Waals surface area contributed by atoms with Gasteiger partial charge in [0, 0.05) is 37.4 Å². The first-order valence-electron chi connectivity index (χ1n) is 8.11. The summed E-state index contributed by atoms with van der Waals surface area (Å²) in [6.45, 7) is 5.96. The molecule has 0 spiro atoms. The number of carboxylic acid groups (broad SMARTS) is 1. The quantitative estimate of drug-likeness (QED) is 0.892. The minimum atomic E-state index is -0.751. The minimum Gasteiger partial charge on any atom is -0.481 e. The number of carbonyl (C=O) groups excluding carboxylic acids is 1. The fraction of sp³-hybridized carbons (Fsp3) is 0.529. The Hall–Kier alpha value is -2.08. The Morgan fingerprint density at radius 3 is 2.74 bits per heavy atom. The lowest BCUT2D eigenvalue weighted by molar-refractivity contribution is -0.141. The molecular weight excluding hydrogens is 294 g/mol. The molecule has 2 heterocycles. The Morgan fingerprint density at radius 1 is 1.35 bits per heavy atom. The molecule has 2 aliphatic rings. The molecule has 0 radical (unpaired) electrons. The zero-order valence-electron chi connectivity index (χ0n) is 13.5. The zero-order chi connectivity index (χ0) is 16.6. The van der Waals surface area contributed by atoms with Gasteiger partial charge >= 0.3 is 12.0 Å². The number of carbonyl (C=O) groups is 2. The fourth-order valence-electron chi connectivity index (χ4n) is 3.36. The number of aliphatic carboxylic acids is 1. The first kappa shape index (κ1) is 15.8. The third-order valence-electron chi connectivity index (χ3n) is 4.73. The molecule has 2 saturated heterocycles. The number of urea groups is 1. The highest BCUT2D eigenvalue weighted by atomic mass is 16.4. The number of carboxylic acids is 1. The van der Waals surface area contributed by atoms with Crippen LogP contribution < -0.4 is 10.2 Å². The van der Waals surface area contributed by atoms with Gasteiger partial charge in [0.1, 0.15) is 0 Å². The summed E-state index contributed by atoms with van der Waals surface area (Å²) < 4.78 is 0. The largest absolute Gasteiger partial charge is 0.481 e. The van der Waals surface area contributed by atoms with E-state index in [4.69, 9.17) is 5.11 Å². The summed E-state index contributed by atoms with van der Waals surface area (Å²) in [7, 11) is 0. The van der Waals surface area contributed by atoms with Crippen LogP contribution in [0, 0.1) is 5.92 Å². The maximum absolute atomic E-state index is 12.5. The topological polar surface area (TPSA) is 72.9 Å². The van der Waals surface area contributed by atoms with Crippen LogP contribution in [-0.4, -0.2) is 47.7 Å². The summed E-state index contributed by atoms with van der Waals surface area (Å²) in [6, 6.07) is 8.15. The predicted octanol–water partition coefficient (Wildman–Crippen LogP) is 2.07. The van der Waals surface area contributed by atoms with E-state index in [0.717, 1.165) is 17.8 Å². The van der Waals surface area contributed by atoms with Gasteiger partial charge in [-0.1, -0.05) is 12.1 Å². The highest BCUT2D eigenvalue weighted by Gasteiger charge is 2.33. The maximum atomic E-state index is 12.5. The van der Waals surface area contributed by atoms with Crippen LogP contribution in [0.3, 0.4) is 0 Å². The third kappa shape index (κ3) is 3.03. The van der Waals surface area contributed by atoms with E-state index < -0.39 is 5.97 Å². The molecule has 2 aliphatic heterocycles. The van der Waals surface area contributed by atoms with Crippen molar-refractivity contribution in [2.45, 2.75) is 32.4 Å². The molecular formula is C17H23N3O3. The van der Waals surface area contributed by atoms with Crippen molar-refractivity contribution in [1.29, 1.82) is 0 Å². The van der Waals surface area contributed by atoms with E-state index in [0.29, 0.717) is 19.5 Å². The van der Waals surface area contributed by atoms with Crippen molar-refractivity contribution >= 4 is 17.7 Å². The summed E-state index contributed by atoms with van der Waals surface area (Å²) in [5.41, 5.74) is 1.93. The number of hydrogen-bond donors (Lipinski definition) is 2. The van der Waals surface area contributed by atoms with Crippen molar-refractivity contribution in [2.24, 2.45) is 5.92 Å². The number of hydrogen-bond acceptors (Lipinski definition) is 3. The van der Waals surface area contributed by atoms with E-state index in [2.05, 4.69) is 5.32 Å². The maximum Gasteiger partial charge on any atom is 0.324 e. The van der Waals surface area contributed by atoms with Crippen LogP contribution in [0.15, 0.2) is 24.3 Å². The second kappa shape index (κ2) is 6.20. The van der Waals surface area contributed by atoms with Crippen LogP contribution in [0.25, 0.3) is 0 Å². The first-order chi connectivity index (χ1) is 11.0. The van der Waals surface area contributed by atoms with Gasteiger partial charge in [0.25, 0.3) is 0 Å². The summed E-state index contributed by atoms with van der Waals surface area (Å²) in [6.07, 6.45) is 0.588. The average Bonchev–Trinajstić information content (AvgIpc) is 3.14. The van der Waals surface area contributed by atoms with Crippen molar-refractivity contribution in [3.63, 3.8) is 0 Å². The number of amides is 2. The van der Waals surface area contributed by atoms with Gasteiger partial charge in [-0.05, 0) is 38.0 Å². The van der Waals surface area contributed by atoms with Crippen molar-refractivity contribution in [3.8, 4) is 0 Å². The molecule has 2 fully saturated rings. The Morgan fingerprint density at radius 2 is 2.13 bits per heavy atom. The molecule has 0 aromatic heterocycles. The standard InChI is InChI=1S/C17H23N3O3/c1-11(2)19-6-7-20(17(19)23)14-5-3-4-12(8-14)15-9-13(10-18-15)16(21)22/h3-5,8,11,13,15,18H,6-7,9-10H2,1-2H3,(H,21,22). The molecule has 2 N–H and O–H groups in total. The summed E-state index contributed by atoms with van der Waals surface area (Å²) in [5.74, 6) is -1.09. The second-order valence-corrected chi connectivity index (χ2v) is 6.55. The van der Waals surface area contributed by atoms with Crippen molar-refractivity contribution < 1.29 is 14.7 Å². The van der Waals surface area contributed by atoms with E-state index in [1.54, 1.807) is 4.90 Å². The van der Waals surface area contributed by atoms with Crippen molar-refractivity contribution in [2.75, 3.05) is 24.5 Å². The number of nitrogens with zero attached hydrogens (tertiary/aromatic N) is 2. The van der Waals surface area contributed by atoms with Crippen LogP contribution >= 0.6 is 0 Å². The summed E-state index contributed by atoms with van der Waals surface area (Å²) in [5, 5.41) is 12.4. The molecule has 0 bridgehead atoms. The van der Waals surface area contributed by atoms with Crippen LogP contribution in [0.2, 0.25) is 0 Å². The molecule has 23 heavy (non-hydrogen) atoms. The van der Waals surface area contributed by atoms with E-state index >= 15 is 0 Å². The van der Waals surface area contributed by atoms with Gasteiger partial charge in [0.2, 0.25) is 0 Å². The average molecular weight is 317 g/mol. The molecule has 6 heteroatoms. The number of anilines is 1. The first-order valence-corrected chi connectivity index (χ1v) is 8.11. The van der Waals surface area contributed by atoms with Crippen LogP contribution in [0.5, 0.6) is 0 Å². The van der Waals surface area contributed by atoms with E-state index in [1.165, 1.54) is 0 Å². The van der Waals surface area contributed by atoms with E-state index in [1.807, 2.05) is 43.0 Å². The van der Waals surface area contributed by atoms with Gasteiger partial charge in [-0.25, -0.2) is 4.79 Å². The normalized spacial score (nSPS) is 24.7. The summed E-state index contributed by atoms with van der Waals surface area (Å²) >= 11 is 0. The molecule has 2 unspecified atom stereocenters. The molecule has 124 valence electrons. The fourth-order valence-corrected chi connectivity index (χ4v) is 3.36. The van der Waals surface area contributed by atoms with Crippen molar-refractivity contribution in [3.05, 3.63) is 29.8 Å². The Bertz CT molecular complexity index is 617.